The maximum atomic E-state index is 12.6. The minimum absolute atomic E-state index is 0.0835. The summed E-state index contributed by atoms with van der Waals surface area (Å²) in [4.78, 5) is 0.209. The van der Waals surface area contributed by atoms with Gasteiger partial charge in [-0.3, -0.25) is 0 Å². The summed E-state index contributed by atoms with van der Waals surface area (Å²) < 4.78 is 32.5. The van der Waals surface area contributed by atoms with Gasteiger partial charge in [0.15, 0.2) is 4.67 Å². The third-order valence-corrected chi connectivity index (χ3v) is 6.33. The van der Waals surface area contributed by atoms with E-state index in [4.69, 9.17) is 4.42 Å². The molecule has 0 spiro atoms. The van der Waals surface area contributed by atoms with Crippen molar-refractivity contribution in [2.75, 3.05) is 6.54 Å². The van der Waals surface area contributed by atoms with E-state index in [9.17, 15) is 8.42 Å². The Bertz CT molecular complexity index is 564. The van der Waals surface area contributed by atoms with Gasteiger partial charge in [0, 0.05) is 24.7 Å². The molecule has 0 saturated heterocycles. The highest BCUT2D eigenvalue weighted by atomic mass is 79.9. The van der Waals surface area contributed by atoms with E-state index < -0.39 is 10.0 Å². The van der Waals surface area contributed by atoms with Gasteiger partial charge in [-0.2, -0.15) is 4.31 Å². The summed E-state index contributed by atoms with van der Waals surface area (Å²) in [5, 5.41) is 3.31. The van der Waals surface area contributed by atoms with Crippen molar-refractivity contribution in [3.63, 3.8) is 0 Å². The van der Waals surface area contributed by atoms with Gasteiger partial charge in [-0.15, -0.1) is 0 Å². The second kappa shape index (κ2) is 6.17. The Labute approximate surface area is 128 Å². The van der Waals surface area contributed by atoms with Crippen LogP contribution in [0.4, 0.5) is 0 Å². The summed E-state index contributed by atoms with van der Waals surface area (Å²) in [5.74, 6) is 0.641. The van der Waals surface area contributed by atoms with E-state index in [1.165, 1.54) is 17.1 Å². The van der Waals surface area contributed by atoms with Crippen LogP contribution in [0.5, 0.6) is 0 Å². The molecular weight excluding hydrogens is 344 g/mol. The van der Waals surface area contributed by atoms with Gasteiger partial charge < -0.3 is 9.73 Å². The average molecular weight is 365 g/mol. The summed E-state index contributed by atoms with van der Waals surface area (Å²) in [6.45, 7) is 6.57. The lowest BCUT2D eigenvalue weighted by Gasteiger charge is -2.23. The summed E-state index contributed by atoms with van der Waals surface area (Å²) in [5.41, 5.74) is 0. The van der Waals surface area contributed by atoms with Crippen LogP contribution >= 0.6 is 15.9 Å². The minimum atomic E-state index is -3.52. The van der Waals surface area contributed by atoms with Crippen molar-refractivity contribution in [2.45, 2.75) is 57.1 Å². The van der Waals surface area contributed by atoms with E-state index in [0.717, 1.165) is 0 Å². The van der Waals surface area contributed by atoms with E-state index in [1.807, 2.05) is 20.8 Å². The first kappa shape index (κ1) is 16.0. The van der Waals surface area contributed by atoms with Gasteiger partial charge in [0.1, 0.15) is 10.7 Å². The van der Waals surface area contributed by atoms with Crippen molar-refractivity contribution in [3.05, 3.63) is 16.5 Å². The molecule has 1 saturated carbocycles. The topological polar surface area (TPSA) is 62.6 Å². The molecule has 0 radical (unpaired) electrons. The Hall–Kier alpha value is -0.370. The van der Waals surface area contributed by atoms with Crippen LogP contribution in [-0.2, 0) is 16.6 Å². The zero-order chi connectivity index (χ0) is 14.9. The molecule has 1 aromatic rings. The van der Waals surface area contributed by atoms with Crippen molar-refractivity contribution in [2.24, 2.45) is 0 Å². The summed E-state index contributed by atoms with van der Waals surface area (Å²) >= 11 is 3.22. The van der Waals surface area contributed by atoms with E-state index in [2.05, 4.69) is 21.2 Å². The molecule has 1 fully saturated rings. The average Bonchev–Trinajstić information content (AvgIpc) is 3.09. The Kier molecular flexibility index (Phi) is 4.94. The number of rotatable bonds is 7. The molecule has 1 N–H and O–H groups in total. The first-order chi connectivity index (χ1) is 9.36. The molecule has 0 aliphatic heterocycles. The van der Waals surface area contributed by atoms with Crippen LogP contribution in [0.2, 0.25) is 0 Å². The molecular formula is C13H21BrN2O3S. The lowest BCUT2D eigenvalue weighted by Crippen LogP contribution is -2.36. The third kappa shape index (κ3) is 3.44. The maximum Gasteiger partial charge on any atom is 0.247 e. The van der Waals surface area contributed by atoms with Crippen LogP contribution in [0.25, 0.3) is 0 Å². The van der Waals surface area contributed by atoms with Gasteiger partial charge in [0.25, 0.3) is 0 Å². The zero-order valence-electron chi connectivity index (χ0n) is 12.0. The van der Waals surface area contributed by atoms with Crippen LogP contribution in [0.1, 0.15) is 39.4 Å². The van der Waals surface area contributed by atoms with E-state index >= 15 is 0 Å². The van der Waals surface area contributed by atoms with E-state index in [1.54, 1.807) is 6.07 Å². The number of hydrogen-bond donors (Lipinski definition) is 1. The molecule has 1 aliphatic carbocycles. The molecule has 2 rings (SSSR count). The Morgan fingerprint density at radius 3 is 2.65 bits per heavy atom. The van der Waals surface area contributed by atoms with Crippen LogP contribution in [-0.4, -0.2) is 31.4 Å². The van der Waals surface area contributed by atoms with Gasteiger partial charge in [0.2, 0.25) is 10.0 Å². The molecule has 1 aromatic heterocycles. The number of sulfonamides is 1. The fourth-order valence-electron chi connectivity index (χ4n) is 2.13. The Morgan fingerprint density at radius 1 is 1.50 bits per heavy atom. The fourth-order valence-corrected chi connectivity index (χ4v) is 4.74. The van der Waals surface area contributed by atoms with E-state index in [-0.39, 0.29) is 15.6 Å². The van der Waals surface area contributed by atoms with Gasteiger partial charge >= 0.3 is 0 Å². The number of furan rings is 1. The monoisotopic (exact) mass is 364 g/mol. The van der Waals surface area contributed by atoms with Crippen LogP contribution < -0.4 is 5.32 Å². The lowest BCUT2D eigenvalue weighted by atomic mass is 10.4. The van der Waals surface area contributed by atoms with Crippen LogP contribution in [0.3, 0.4) is 0 Å². The van der Waals surface area contributed by atoms with E-state index in [0.29, 0.717) is 24.9 Å². The first-order valence-corrected chi connectivity index (χ1v) is 9.13. The number of nitrogens with zero attached hydrogens (tertiary/aromatic N) is 1. The molecule has 1 aliphatic rings. The quantitative estimate of drug-likeness (QED) is 0.807. The minimum Gasteiger partial charge on any atom is -0.452 e. The normalized spacial score (nSPS) is 16.3. The van der Waals surface area contributed by atoms with Crippen molar-refractivity contribution in [1.29, 1.82) is 0 Å². The highest BCUT2D eigenvalue weighted by molar-refractivity contribution is 9.10. The highest BCUT2D eigenvalue weighted by Gasteiger charge is 2.30. The predicted molar refractivity (Wildman–Crippen MR) is 81.0 cm³/mol. The molecule has 5 nitrogen and oxygen atoms in total. The second-order valence-electron chi connectivity index (χ2n) is 5.31. The van der Waals surface area contributed by atoms with Gasteiger partial charge in [-0.25, -0.2) is 8.42 Å². The van der Waals surface area contributed by atoms with Crippen LogP contribution in [0.15, 0.2) is 20.0 Å². The maximum absolute atomic E-state index is 12.6. The second-order valence-corrected chi connectivity index (χ2v) is 7.89. The summed E-state index contributed by atoms with van der Waals surface area (Å²) in [6.07, 6.45) is 2.37. The van der Waals surface area contributed by atoms with Crippen molar-refractivity contribution in [1.82, 2.24) is 9.62 Å². The van der Waals surface area contributed by atoms with Gasteiger partial charge in [0.05, 0.1) is 6.54 Å². The molecule has 0 bridgehead atoms. The third-order valence-electron chi connectivity index (χ3n) is 3.32. The van der Waals surface area contributed by atoms with Crippen molar-refractivity contribution in [3.8, 4) is 0 Å². The predicted octanol–water partition coefficient (Wildman–Crippen LogP) is 2.71. The Balaban J connectivity index is 2.21. The lowest BCUT2D eigenvalue weighted by molar-refractivity contribution is 0.368. The van der Waals surface area contributed by atoms with Crippen LogP contribution in [0, 0.1) is 0 Å². The van der Waals surface area contributed by atoms with Crippen molar-refractivity contribution < 1.29 is 12.8 Å². The fraction of sp³-hybridized carbons (Fsp3) is 0.692. The molecule has 0 amide bonds. The van der Waals surface area contributed by atoms with Gasteiger partial charge in [-0.05, 0) is 42.6 Å². The largest absolute Gasteiger partial charge is 0.452 e. The molecule has 0 aromatic carbocycles. The number of halogens is 1. The summed E-state index contributed by atoms with van der Waals surface area (Å²) in [6, 6.07) is 2.08. The smallest absolute Gasteiger partial charge is 0.247 e. The number of nitrogens with one attached hydrogen (secondary N) is 1. The SMILES string of the molecule is CCN(C(C)C)S(=O)(=O)c1cc(CNC2CC2)oc1Br. The molecule has 0 atom stereocenters. The molecule has 0 unspecified atom stereocenters. The van der Waals surface area contributed by atoms with Crippen molar-refractivity contribution >= 4 is 26.0 Å². The zero-order valence-corrected chi connectivity index (χ0v) is 14.4. The standard InChI is InChI=1S/C13H21BrN2O3S/c1-4-16(9(2)3)20(17,18)12-7-11(19-13(12)14)8-15-10-5-6-10/h7,9-10,15H,4-6,8H2,1-3H3. The highest BCUT2D eigenvalue weighted by Crippen LogP contribution is 2.30. The Morgan fingerprint density at radius 2 is 2.15 bits per heavy atom. The number of hydrogen-bond acceptors (Lipinski definition) is 4. The molecule has 7 heteroatoms. The molecule has 20 heavy (non-hydrogen) atoms. The molecule has 1 heterocycles. The summed E-state index contributed by atoms with van der Waals surface area (Å²) in [7, 11) is -3.52. The molecule has 114 valence electrons. The first-order valence-electron chi connectivity index (χ1n) is 6.89. The van der Waals surface area contributed by atoms with Gasteiger partial charge in [-0.1, -0.05) is 6.92 Å².